The van der Waals surface area contributed by atoms with Gasteiger partial charge in [0, 0.05) is 35.3 Å². The lowest BCUT2D eigenvalue weighted by atomic mass is 10.0. The van der Waals surface area contributed by atoms with E-state index in [1.165, 1.54) is 23.9 Å². The summed E-state index contributed by atoms with van der Waals surface area (Å²) in [6.45, 7) is 1.45. The van der Waals surface area contributed by atoms with Crippen LogP contribution in [0.2, 0.25) is 0 Å². The van der Waals surface area contributed by atoms with Crippen molar-refractivity contribution in [3.05, 3.63) is 29.8 Å². The summed E-state index contributed by atoms with van der Waals surface area (Å²) in [6, 6.07) is 3.60. The summed E-state index contributed by atoms with van der Waals surface area (Å²) in [5.74, 6) is -0.104. The molecule has 17 heavy (non-hydrogen) atoms. The van der Waals surface area contributed by atoms with E-state index < -0.39 is 11.6 Å². The molecule has 2 rings (SSSR count). The van der Waals surface area contributed by atoms with Crippen LogP contribution in [0.15, 0.2) is 23.1 Å². The van der Waals surface area contributed by atoms with Crippen LogP contribution < -0.4 is 5.73 Å². The highest BCUT2D eigenvalue weighted by molar-refractivity contribution is 7.99. The molecule has 0 aromatic heterocycles. The number of ether oxygens (including phenoxy) is 1. The van der Waals surface area contributed by atoms with Gasteiger partial charge in [-0.15, -0.1) is 11.8 Å². The van der Waals surface area contributed by atoms with Crippen LogP contribution in [0.1, 0.15) is 6.42 Å². The minimum atomic E-state index is -0.555. The van der Waals surface area contributed by atoms with E-state index in [9.17, 15) is 8.78 Å². The highest BCUT2D eigenvalue weighted by Gasteiger charge is 2.23. The quantitative estimate of drug-likeness (QED) is 0.843. The summed E-state index contributed by atoms with van der Waals surface area (Å²) in [5, 5.41) is 0. The summed E-state index contributed by atoms with van der Waals surface area (Å²) in [6.07, 6.45) is 0.966. The minimum Gasteiger partial charge on any atom is -0.381 e. The van der Waals surface area contributed by atoms with E-state index in [2.05, 4.69) is 0 Å². The Bertz CT molecular complexity index is 383. The maximum atomic E-state index is 13.4. The fourth-order valence-corrected chi connectivity index (χ4v) is 2.81. The Balaban J connectivity index is 1.88. The van der Waals surface area contributed by atoms with Gasteiger partial charge in [0.1, 0.15) is 11.6 Å². The van der Waals surface area contributed by atoms with Crippen molar-refractivity contribution < 1.29 is 13.5 Å². The summed E-state index contributed by atoms with van der Waals surface area (Å²) < 4.78 is 31.3. The van der Waals surface area contributed by atoms with E-state index in [1.54, 1.807) is 0 Å². The van der Waals surface area contributed by atoms with Crippen LogP contribution in [0.5, 0.6) is 0 Å². The van der Waals surface area contributed by atoms with Crippen LogP contribution in [0.3, 0.4) is 0 Å². The number of halogens is 2. The molecular weight excluding hydrogens is 244 g/mol. The Morgan fingerprint density at radius 1 is 1.47 bits per heavy atom. The predicted molar refractivity (Wildman–Crippen MR) is 64.0 cm³/mol. The molecule has 0 spiro atoms. The average Bonchev–Trinajstić information content (AvgIpc) is 2.81. The van der Waals surface area contributed by atoms with E-state index in [0.717, 1.165) is 19.1 Å². The van der Waals surface area contributed by atoms with Crippen LogP contribution in [0, 0.1) is 17.6 Å². The molecule has 1 aliphatic heterocycles. The molecule has 1 heterocycles. The van der Waals surface area contributed by atoms with Crippen LogP contribution in [0.25, 0.3) is 0 Å². The van der Waals surface area contributed by atoms with Gasteiger partial charge in [0.25, 0.3) is 0 Å². The van der Waals surface area contributed by atoms with Crippen molar-refractivity contribution in [2.45, 2.75) is 17.4 Å². The lowest BCUT2D eigenvalue weighted by molar-refractivity contribution is 0.182. The Morgan fingerprint density at radius 3 is 2.94 bits per heavy atom. The molecule has 2 atom stereocenters. The van der Waals surface area contributed by atoms with E-state index in [-0.39, 0.29) is 6.04 Å². The lowest BCUT2D eigenvalue weighted by Crippen LogP contribution is -2.32. The summed E-state index contributed by atoms with van der Waals surface area (Å²) >= 11 is 1.33. The molecule has 2 unspecified atom stereocenters. The first-order valence-corrected chi connectivity index (χ1v) is 6.56. The molecular formula is C12H15F2NOS. The molecule has 1 fully saturated rings. The number of nitrogens with two attached hydrogens (primary N) is 1. The Kier molecular flexibility index (Phi) is 4.36. The van der Waals surface area contributed by atoms with Gasteiger partial charge in [-0.25, -0.2) is 8.78 Å². The molecule has 0 saturated carbocycles. The van der Waals surface area contributed by atoms with Crippen molar-refractivity contribution in [1.82, 2.24) is 0 Å². The Morgan fingerprint density at radius 2 is 2.29 bits per heavy atom. The van der Waals surface area contributed by atoms with E-state index in [0.29, 0.717) is 23.2 Å². The van der Waals surface area contributed by atoms with Gasteiger partial charge in [-0.1, -0.05) is 0 Å². The van der Waals surface area contributed by atoms with Gasteiger partial charge >= 0.3 is 0 Å². The SMILES string of the molecule is NC(CSc1ccc(F)cc1F)C1CCOC1. The fraction of sp³-hybridized carbons (Fsp3) is 0.500. The zero-order chi connectivity index (χ0) is 12.3. The van der Waals surface area contributed by atoms with Gasteiger partial charge in [-0.05, 0) is 18.6 Å². The molecule has 94 valence electrons. The monoisotopic (exact) mass is 259 g/mol. The van der Waals surface area contributed by atoms with Gasteiger partial charge in [-0.3, -0.25) is 0 Å². The molecule has 2 N–H and O–H groups in total. The molecule has 0 amide bonds. The van der Waals surface area contributed by atoms with E-state index in [4.69, 9.17) is 10.5 Å². The summed E-state index contributed by atoms with van der Waals surface area (Å²) in [5.41, 5.74) is 6.01. The lowest BCUT2D eigenvalue weighted by Gasteiger charge is -2.17. The molecule has 2 nitrogen and oxygen atoms in total. The molecule has 1 aromatic rings. The normalized spacial score (nSPS) is 21.7. The molecule has 0 radical (unpaired) electrons. The number of benzene rings is 1. The van der Waals surface area contributed by atoms with Crippen molar-refractivity contribution in [3.63, 3.8) is 0 Å². The first-order chi connectivity index (χ1) is 8.16. The Hall–Kier alpha value is -0.650. The number of thioether (sulfide) groups is 1. The van der Waals surface area contributed by atoms with E-state index >= 15 is 0 Å². The maximum Gasteiger partial charge on any atom is 0.139 e. The second-order valence-electron chi connectivity index (χ2n) is 4.17. The summed E-state index contributed by atoms with van der Waals surface area (Å²) in [7, 11) is 0. The molecule has 5 heteroatoms. The Labute approximate surface area is 104 Å². The van der Waals surface area contributed by atoms with Gasteiger partial charge in [-0.2, -0.15) is 0 Å². The second kappa shape index (κ2) is 5.80. The van der Waals surface area contributed by atoms with Crippen LogP contribution >= 0.6 is 11.8 Å². The zero-order valence-corrected chi connectivity index (χ0v) is 10.2. The molecule has 1 saturated heterocycles. The minimum absolute atomic E-state index is 0.00745. The second-order valence-corrected chi connectivity index (χ2v) is 5.24. The topological polar surface area (TPSA) is 35.2 Å². The molecule has 1 aliphatic rings. The van der Waals surface area contributed by atoms with Crippen molar-refractivity contribution in [2.75, 3.05) is 19.0 Å². The highest BCUT2D eigenvalue weighted by atomic mass is 32.2. The molecule has 0 bridgehead atoms. The van der Waals surface area contributed by atoms with Crippen molar-refractivity contribution in [2.24, 2.45) is 11.7 Å². The fourth-order valence-electron chi connectivity index (χ4n) is 1.80. The third-order valence-electron chi connectivity index (χ3n) is 2.90. The van der Waals surface area contributed by atoms with Gasteiger partial charge in [0.15, 0.2) is 0 Å². The van der Waals surface area contributed by atoms with Crippen molar-refractivity contribution >= 4 is 11.8 Å². The number of hydrogen-bond acceptors (Lipinski definition) is 3. The van der Waals surface area contributed by atoms with Crippen LogP contribution in [0.4, 0.5) is 8.78 Å². The molecule has 1 aromatic carbocycles. The smallest absolute Gasteiger partial charge is 0.139 e. The van der Waals surface area contributed by atoms with Crippen LogP contribution in [-0.2, 0) is 4.74 Å². The third kappa shape index (κ3) is 3.40. The largest absolute Gasteiger partial charge is 0.381 e. The van der Waals surface area contributed by atoms with Crippen molar-refractivity contribution in [3.8, 4) is 0 Å². The van der Waals surface area contributed by atoms with E-state index in [1.807, 2.05) is 0 Å². The first-order valence-electron chi connectivity index (χ1n) is 5.58. The standard InChI is InChI=1S/C12H15F2NOS/c13-9-1-2-12(10(14)5-9)17-7-11(15)8-3-4-16-6-8/h1-2,5,8,11H,3-4,6-7,15H2. The predicted octanol–water partition coefficient (Wildman–Crippen LogP) is 2.42. The van der Waals surface area contributed by atoms with Gasteiger partial charge in [0.2, 0.25) is 0 Å². The zero-order valence-electron chi connectivity index (χ0n) is 9.36. The van der Waals surface area contributed by atoms with Gasteiger partial charge in [0.05, 0.1) is 6.61 Å². The van der Waals surface area contributed by atoms with Gasteiger partial charge < -0.3 is 10.5 Å². The number of hydrogen-bond donors (Lipinski definition) is 1. The highest BCUT2D eigenvalue weighted by Crippen LogP contribution is 2.25. The third-order valence-corrected chi connectivity index (χ3v) is 4.09. The van der Waals surface area contributed by atoms with Crippen LogP contribution in [-0.4, -0.2) is 25.0 Å². The molecule has 0 aliphatic carbocycles. The first kappa shape index (κ1) is 12.8. The van der Waals surface area contributed by atoms with Crippen molar-refractivity contribution in [1.29, 1.82) is 0 Å². The number of rotatable bonds is 4. The summed E-state index contributed by atoms with van der Waals surface area (Å²) in [4.78, 5) is 0.445. The maximum absolute atomic E-state index is 13.4. The average molecular weight is 259 g/mol.